The number of nitrogens with two attached hydrogens (primary N) is 2. The lowest BCUT2D eigenvalue weighted by Crippen LogP contribution is -2.01. The van der Waals surface area contributed by atoms with E-state index in [0.717, 1.165) is 22.3 Å². The molecule has 1 aliphatic rings. The third kappa shape index (κ3) is 2.09. The zero-order valence-corrected chi connectivity index (χ0v) is 11.0. The Morgan fingerprint density at radius 2 is 1.50 bits per heavy atom. The highest BCUT2D eigenvalue weighted by atomic mass is 14.7. The summed E-state index contributed by atoms with van der Waals surface area (Å²) in [5.41, 5.74) is 17.7. The van der Waals surface area contributed by atoms with Gasteiger partial charge in [0.1, 0.15) is 12.2 Å². The summed E-state index contributed by atoms with van der Waals surface area (Å²) in [6.07, 6.45) is 10.7. The predicted octanol–water partition coefficient (Wildman–Crippen LogP) is 3.83. The lowest BCUT2D eigenvalue weighted by molar-refractivity contribution is 1.56. The molecule has 2 aromatic rings. The van der Waals surface area contributed by atoms with Crippen molar-refractivity contribution in [3.63, 3.8) is 0 Å². The maximum absolute atomic E-state index is 6.22. The van der Waals surface area contributed by atoms with Gasteiger partial charge < -0.3 is 11.5 Å². The van der Waals surface area contributed by atoms with Crippen LogP contribution in [0.25, 0.3) is 16.7 Å². The summed E-state index contributed by atoms with van der Waals surface area (Å²) >= 11 is 0. The molecular weight excluding hydrogens is 244 g/mol. The first kappa shape index (κ1) is 12.2. The second-order valence-corrected chi connectivity index (χ2v) is 4.64. The van der Waals surface area contributed by atoms with Crippen molar-refractivity contribution in [1.82, 2.24) is 0 Å². The van der Waals surface area contributed by atoms with Crippen molar-refractivity contribution < 1.29 is 0 Å². The SMILES string of the molecule is Nc1c(C2=CC=[C+]C=C2)ccc(-c2ccccc2)c1N. The van der Waals surface area contributed by atoms with E-state index in [0.29, 0.717) is 11.4 Å². The molecule has 0 atom stereocenters. The van der Waals surface area contributed by atoms with E-state index in [1.165, 1.54) is 0 Å². The number of anilines is 2. The van der Waals surface area contributed by atoms with Crippen LogP contribution in [0.4, 0.5) is 11.4 Å². The first-order valence-electron chi connectivity index (χ1n) is 6.47. The minimum Gasteiger partial charge on any atom is -0.397 e. The number of benzene rings is 2. The van der Waals surface area contributed by atoms with E-state index >= 15 is 0 Å². The van der Waals surface area contributed by atoms with Gasteiger partial charge in [-0.25, -0.2) is 0 Å². The van der Waals surface area contributed by atoms with E-state index in [9.17, 15) is 0 Å². The smallest absolute Gasteiger partial charge is 0.103 e. The van der Waals surface area contributed by atoms with Crippen molar-refractivity contribution in [3.8, 4) is 11.1 Å². The number of hydrogen-bond donors (Lipinski definition) is 2. The normalized spacial score (nSPS) is 12.9. The molecule has 0 aliphatic heterocycles. The van der Waals surface area contributed by atoms with Crippen LogP contribution in [0.1, 0.15) is 5.56 Å². The van der Waals surface area contributed by atoms with Crippen molar-refractivity contribution in [2.75, 3.05) is 11.5 Å². The van der Waals surface area contributed by atoms with E-state index in [-0.39, 0.29) is 0 Å². The largest absolute Gasteiger partial charge is 0.397 e. The van der Waals surface area contributed by atoms with Gasteiger partial charge in [0, 0.05) is 17.2 Å². The molecule has 2 heteroatoms. The number of hydrogen-bond acceptors (Lipinski definition) is 2. The summed E-state index contributed by atoms with van der Waals surface area (Å²) in [5, 5.41) is 0. The van der Waals surface area contributed by atoms with Gasteiger partial charge >= 0.3 is 0 Å². The first-order chi connectivity index (χ1) is 9.77. The highest BCUT2D eigenvalue weighted by Crippen LogP contribution is 2.36. The molecule has 2 nitrogen and oxygen atoms in total. The van der Waals surface area contributed by atoms with Crippen molar-refractivity contribution in [3.05, 3.63) is 78.4 Å². The average Bonchev–Trinajstić information content (AvgIpc) is 2.52. The van der Waals surface area contributed by atoms with Gasteiger partial charge in [0.05, 0.1) is 29.1 Å². The van der Waals surface area contributed by atoms with E-state index in [2.05, 4.69) is 6.08 Å². The molecule has 1 aliphatic carbocycles. The van der Waals surface area contributed by atoms with Crippen LogP contribution in [0.3, 0.4) is 0 Å². The van der Waals surface area contributed by atoms with Gasteiger partial charge in [0.15, 0.2) is 0 Å². The minimum absolute atomic E-state index is 0.623. The molecule has 4 N–H and O–H groups in total. The average molecular weight is 259 g/mol. The molecule has 2 aromatic carbocycles. The van der Waals surface area contributed by atoms with Gasteiger partial charge in [-0.15, -0.1) is 0 Å². The Kier molecular flexibility index (Phi) is 3.08. The summed E-state index contributed by atoms with van der Waals surface area (Å²) in [6, 6.07) is 14.1. The van der Waals surface area contributed by atoms with Crippen LogP contribution in [0.5, 0.6) is 0 Å². The molecule has 0 radical (unpaired) electrons. The summed E-state index contributed by atoms with van der Waals surface area (Å²) in [7, 11) is 0. The summed E-state index contributed by atoms with van der Waals surface area (Å²) in [4.78, 5) is 0. The summed E-state index contributed by atoms with van der Waals surface area (Å²) in [5.74, 6) is 0. The fourth-order valence-corrected chi connectivity index (χ4v) is 2.32. The molecule has 0 heterocycles. The summed E-state index contributed by atoms with van der Waals surface area (Å²) < 4.78 is 0. The fourth-order valence-electron chi connectivity index (χ4n) is 2.32. The van der Waals surface area contributed by atoms with Gasteiger partial charge in [-0.3, -0.25) is 0 Å². The second kappa shape index (κ2) is 5.04. The lowest BCUT2D eigenvalue weighted by atomic mass is 9.95. The highest BCUT2D eigenvalue weighted by Gasteiger charge is 2.14. The molecule has 0 spiro atoms. The van der Waals surface area contributed by atoms with Crippen LogP contribution in [0.15, 0.2) is 66.8 Å². The highest BCUT2D eigenvalue weighted by molar-refractivity contribution is 5.94. The molecular formula is C18H15N2+. The molecule has 0 saturated heterocycles. The molecule has 0 unspecified atom stereocenters. The van der Waals surface area contributed by atoms with Gasteiger partial charge in [-0.2, -0.15) is 0 Å². The Balaban J connectivity index is 2.11. The minimum atomic E-state index is 0.623. The molecule has 0 aromatic heterocycles. The van der Waals surface area contributed by atoms with Gasteiger partial charge in [0.25, 0.3) is 0 Å². The van der Waals surface area contributed by atoms with Crippen LogP contribution in [-0.2, 0) is 0 Å². The van der Waals surface area contributed by atoms with E-state index in [4.69, 9.17) is 11.5 Å². The monoisotopic (exact) mass is 259 g/mol. The number of nitrogen functional groups attached to an aromatic ring is 2. The maximum atomic E-state index is 6.22. The van der Waals surface area contributed by atoms with Crippen LogP contribution in [0, 0.1) is 6.08 Å². The Hall–Kier alpha value is -2.83. The maximum Gasteiger partial charge on any atom is 0.103 e. The molecule has 96 valence electrons. The van der Waals surface area contributed by atoms with Crippen LogP contribution < -0.4 is 11.5 Å². The Bertz CT molecular complexity index is 723. The molecule has 0 bridgehead atoms. The molecule has 0 amide bonds. The molecule has 0 fully saturated rings. The van der Waals surface area contributed by atoms with Crippen LogP contribution in [0.2, 0.25) is 0 Å². The van der Waals surface area contributed by atoms with Crippen molar-refractivity contribution in [2.45, 2.75) is 0 Å². The van der Waals surface area contributed by atoms with Gasteiger partial charge in [0.2, 0.25) is 0 Å². The zero-order valence-electron chi connectivity index (χ0n) is 11.0. The Labute approximate surface area is 118 Å². The van der Waals surface area contributed by atoms with E-state index < -0.39 is 0 Å². The van der Waals surface area contributed by atoms with Crippen molar-refractivity contribution in [2.24, 2.45) is 0 Å². The van der Waals surface area contributed by atoms with Gasteiger partial charge in [-0.05, 0) is 11.6 Å². The predicted molar refractivity (Wildman–Crippen MR) is 85.6 cm³/mol. The fraction of sp³-hybridized carbons (Fsp3) is 0. The summed E-state index contributed by atoms with van der Waals surface area (Å²) in [6.45, 7) is 0. The lowest BCUT2D eigenvalue weighted by Gasteiger charge is -2.12. The van der Waals surface area contributed by atoms with Crippen molar-refractivity contribution in [1.29, 1.82) is 0 Å². The number of rotatable bonds is 2. The number of allylic oxidation sites excluding steroid dienone is 6. The molecule has 0 saturated carbocycles. The molecule has 20 heavy (non-hydrogen) atoms. The Morgan fingerprint density at radius 1 is 0.800 bits per heavy atom. The first-order valence-corrected chi connectivity index (χ1v) is 6.47. The standard InChI is InChI=1S/C18H15N2/c19-17-15(13-7-3-1-4-8-13)11-12-16(18(17)20)14-9-5-2-6-10-14/h1,3-12H,19-20H2/q+1. The van der Waals surface area contributed by atoms with Crippen LogP contribution >= 0.6 is 0 Å². The van der Waals surface area contributed by atoms with Gasteiger partial charge in [-0.1, -0.05) is 36.4 Å². The third-order valence-electron chi connectivity index (χ3n) is 3.40. The van der Waals surface area contributed by atoms with Crippen molar-refractivity contribution >= 4 is 16.9 Å². The second-order valence-electron chi connectivity index (χ2n) is 4.64. The van der Waals surface area contributed by atoms with E-state index in [1.54, 1.807) is 0 Å². The quantitative estimate of drug-likeness (QED) is 0.636. The van der Waals surface area contributed by atoms with Crippen LogP contribution in [-0.4, -0.2) is 0 Å². The zero-order chi connectivity index (χ0) is 13.9. The topological polar surface area (TPSA) is 52.0 Å². The third-order valence-corrected chi connectivity index (χ3v) is 3.40. The molecule has 3 rings (SSSR count). The van der Waals surface area contributed by atoms with E-state index in [1.807, 2.05) is 66.8 Å². The Morgan fingerprint density at radius 3 is 2.20 bits per heavy atom.